The summed E-state index contributed by atoms with van der Waals surface area (Å²) in [7, 11) is 0. The van der Waals surface area contributed by atoms with Gasteiger partial charge in [-0.15, -0.1) is 0 Å². The van der Waals surface area contributed by atoms with Crippen molar-refractivity contribution in [3.05, 3.63) is 0 Å². The molecule has 0 amide bonds. The molecule has 0 aliphatic heterocycles. The second kappa shape index (κ2) is 0.982. The van der Waals surface area contributed by atoms with Crippen molar-refractivity contribution in [2.75, 3.05) is 0 Å². The standard InChI is InChI=1S/4CH3.O.Os/h4*1H3;;. The Morgan fingerprint density at radius 1 is 1.00 bits per heavy atom. The SMILES string of the molecule is [CH3][Os]([CH3])([CH3])([CH3])=[O]. The third-order valence-corrected chi connectivity index (χ3v) is 0. The van der Waals surface area contributed by atoms with Crippen molar-refractivity contribution in [3.8, 4) is 0 Å². The molecule has 0 rings (SSSR count). The first-order chi connectivity index (χ1) is 2.24. The minimum atomic E-state index is -2.90. The van der Waals surface area contributed by atoms with Crippen LogP contribution in [0.1, 0.15) is 0 Å². The molecule has 0 saturated heterocycles. The molecule has 0 fully saturated rings. The normalized spacial score (nSPS) is 19.0. The molecule has 6 heavy (non-hydrogen) atoms. The van der Waals surface area contributed by atoms with Crippen molar-refractivity contribution in [1.29, 1.82) is 0 Å². The maximum atomic E-state index is 10.9. The van der Waals surface area contributed by atoms with Gasteiger partial charge in [0.1, 0.15) is 0 Å². The fourth-order valence-electron chi connectivity index (χ4n) is 0. The Labute approximate surface area is 39.8 Å². The first-order valence-electron chi connectivity index (χ1n) is 1.56. The van der Waals surface area contributed by atoms with E-state index in [1.165, 1.54) is 0 Å². The second-order valence-corrected chi connectivity index (χ2v) is 22.1. The summed E-state index contributed by atoms with van der Waals surface area (Å²) in [6, 6.07) is 0. The predicted molar refractivity (Wildman–Crippen MR) is 24.1 cm³/mol. The van der Waals surface area contributed by atoms with Crippen LogP contribution in [0.5, 0.6) is 0 Å². The van der Waals surface area contributed by atoms with Crippen LogP contribution >= 0.6 is 0 Å². The summed E-state index contributed by atoms with van der Waals surface area (Å²) in [6.45, 7) is 0. The van der Waals surface area contributed by atoms with Gasteiger partial charge in [0.15, 0.2) is 0 Å². The van der Waals surface area contributed by atoms with E-state index >= 15 is 0 Å². The molecule has 0 aromatic rings. The van der Waals surface area contributed by atoms with E-state index in [0.717, 1.165) is 0 Å². The van der Waals surface area contributed by atoms with Gasteiger partial charge < -0.3 is 0 Å². The molecule has 0 saturated carbocycles. The van der Waals surface area contributed by atoms with Crippen LogP contribution in [0.4, 0.5) is 0 Å². The molecule has 0 aromatic heterocycles. The van der Waals surface area contributed by atoms with Gasteiger partial charge in [0.05, 0.1) is 0 Å². The van der Waals surface area contributed by atoms with Gasteiger partial charge in [-0.25, -0.2) is 0 Å². The fourth-order valence-corrected chi connectivity index (χ4v) is 0. The van der Waals surface area contributed by atoms with Crippen LogP contribution in [-0.4, -0.2) is 0 Å². The Bertz CT molecular complexity index is 85.2. The van der Waals surface area contributed by atoms with Crippen molar-refractivity contribution in [2.24, 2.45) is 0 Å². The molecule has 0 heterocycles. The quantitative estimate of drug-likeness (QED) is 0.657. The van der Waals surface area contributed by atoms with Gasteiger partial charge in [0.2, 0.25) is 0 Å². The topological polar surface area (TPSA) is 17.1 Å². The fraction of sp³-hybridized carbons (Fsp3) is 1.00. The van der Waals surface area contributed by atoms with Crippen molar-refractivity contribution in [1.82, 2.24) is 0 Å². The molecular formula is C4H12OOs. The van der Waals surface area contributed by atoms with Crippen molar-refractivity contribution >= 4 is 0 Å². The Morgan fingerprint density at radius 2 is 1.00 bits per heavy atom. The van der Waals surface area contributed by atoms with Crippen LogP contribution in [0.25, 0.3) is 0 Å². The molecule has 0 atom stereocenters. The van der Waals surface area contributed by atoms with E-state index in [9.17, 15) is 3.54 Å². The Balaban J connectivity index is 4.16. The van der Waals surface area contributed by atoms with Crippen LogP contribution in [-0.2, 0) is 17.3 Å². The maximum absolute atomic E-state index is 10.9. The molecule has 0 spiro atoms. The summed E-state index contributed by atoms with van der Waals surface area (Å²) in [4.78, 5) is 0. The third-order valence-electron chi connectivity index (χ3n) is 0. The van der Waals surface area contributed by atoms with Gasteiger partial charge in [-0.2, -0.15) is 0 Å². The summed E-state index contributed by atoms with van der Waals surface area (Å²) >= 11 is -2.90. The minimum absolute atomic E-state index is 1.85. The van der Waals surface area contributed by atoms with Gasteiger partial charge in [0.25, 0.3) is 0 Å². The number of hydrogen-bond donors (Lipinski definition) is 0. The molecule has 0 unspecified atom stereocenters. The van der Waals surface area contributed by atoms with E-state index in [1.807, 2.05) is 21.9 Å². The van der Waals surface area contributed by atoms with Crippen LogP contribution in [0.3, 0.4) is 0 Å². The first-order valence-corrected chi connectivity index (χ1v) is 12.8. The monoisotopic (exact) mass is 268 g/mol. The molecule has 42 valence electrons. The molecule has 0 N–H and O–H groups in total. The van der Waals surface area contributed by atoms with Gasteiger partial charge >= 0.3 is 39.2 Å². The van der Waals surface area contributed by atoms with E-state index < -0.39 is 13.8 Å². The zero-order valence-corrected chi connectivity index (χ0v) is 7.30. The van der Waals surface area contributed by atoms with Gasteiger partial charge in [-0.05, 0) is 0 Å². The van der Waals surface area contributed by atoms with Crippen molar-refractivity contribution < 1.29 is 17.3 Å². The molecular weight excluding hydrogens is 254 g/mol. The Kier molecular flexibility index (Phi) is 1.05. The van der Waals surface area contributed by atoms with Gasteiger partial charge in [0, 0.05) is 0 Å². The molecule has 0 bridgehead atoms. The predicted octanol–water partition coefficient (Wildman–Crippen LogP) is 2.21. The van der Waals surface area contributed by atoms with Crippen LogP contribution in [0, 0.1) is 0 Å². The zero-order valence-electron chi connectivity index (χ0n) is 4.76. The van der Waals surface area contributed by atoms with E-state index in [0.29, 0.717) is 0 Å². The molecule has 0 aliphatic rings. The van der Waals surface area contributed by atoms with E-state index in [1.54, 1.807) is 0 Å². The molecule has 1 nitrogen and oxygen atoms in total. The molecule has 0 aromatic carbocycles. The molecule has 0 radical (unpaired) electrons. The second-order valence-electron chi connectivity index (χ2n) is 2.70. The average Bonchev–Trinajstić information content (AvgIpc) is 0.650. The zero-order chi connectivity index (χ0) is 5.45. The van der Waals surface area contributed by atoms with Crippen LogP contribution < -0.4 is 0 Å². The summed E-state index contributed by atoms with van der Waals surface area (Å²) < 4.78 is 10.9. The number of hydrogen-bond acceptors (Lipinski definition) is 1. The Morgan fingerprint density at radius 3 is 1.00 bits per heavy atom. The van der Waals surface area contributed by atoms with E-state index in [-0.39, 0.29) is 0 Å². The summed E-state index contributed by atoms with van der Waals surface area (Å²) in [6.07, 6.45) is 0. The van der Waals surface area contributed by atoms with Crippen LogP contribution in [0.15, 0.2) is 0 Å². The first kappa shape index (κ1) is 6.44. The van der Waals surface area contributed by atoms with Gasteiger partial charge in [-0.3, -0.25) is 0 Å². The summed E-state index contributed by atoms with van der Waals surface area (Å²) in [5.41, 5.74) is 7.40. The Hall–Kier alpha value is 0.436. The average molecular weight is 266 g/mol. The number of rotatable bonds is 0. The summed E-state index contributed by atoms with van der Waals surface area (Å²) in [5.74, 6) is 0. The van der Waals surface area contributed by atoms with Crippen molar-refractivity contribution in [3.63, 3.8) is 0 Å². The van der Waals surface area contributed by atoms with E-state index in [4.69, 9.17) is 0 Å². The molecule has 2 heteroatoms. The van der Waals surface area contributed by atoms with Crippen molar-refractivity contribution in [2.45, 2.75) is 21.9 Å². The van der Waals surface area contributed by atoms with Gasteiger partial charge in [-0.1, -0.05) is 0 Å². The van der Waals surface area contributed by atoms with E-state index in [2.05, 4.69) is 0 Å². The third kappa shape index (κ3) is 275. The molecule has 0 aliphatic carbocycles. The summed E-state index contributed by atoms with van der Waals surface area (Å²) in [5, 5.41) is 0. The van der Waals surface area contributed by atoms with Crippen LogP contribution in [0.2, 0.25) is 21.9 Å².